The minimum atomic E-state index is -0.381. The maximum atomic E-state index is 11.8. The molecular weight excluding hydrogens is 470 g/mol. The van der Waals surface area contributed by atoms with E-state index in [1.807, 2.05) is 6.07 Å². The number of carbonyl (C=O) groups excluding carboxylic acids is 2. The Morgan fingerprint density at radius 3 is 2.56 bits per heavy atom. The maximum absolute atomic E-state index is 11.8. The molecule has 2 amide bonds. The number of imide groups is 1. The van der Waals surface area contributed by atoms with Crippen LogP contribution in [0.5, 0.6) is 0 Å². The predicted octanol–water partition coefficient (Wildman–Crippen LogP) is 5.23. The van der Waals surface area contributed by atoms with Gasteiger partial charge in [-0.1, -0.05) is 48.5 Å². The Hall–Kier alpha value is -3.49. The van der Waals surface area contributed by atoms with Crippen LogP contribution in [0.25, 0.3) is 17.2 Å². The molecule has 1 aliphatic carbocycles. The molecule has 1 aliphatic heterocycles. The van der Waals surface area contributed by atoms with Gasteiger partial charge in [-0.25, -0.2) is 9.97 Å². The van der Waals surface area contributed by atoms with Crippen LogP contribution in [0.1, 0.15) is 36.9 Å². The molecule has 5 rings (SSSR count). The van der Waals surface area contributed by atoms with Gasteiger partial charge >= 0.3 is 0 Å². The molecule has 0 bridgehead atoms. The SMILES string of the molecule is O=C1NC(=O)C(=Cc2ccnc(NC3CCC(CNCc4cccc(-c5ccccc5)c4)CC3)n2)S1. The average molecular weight is 500 g/mol. The lowest BCUT2D eigenvalue weighted by molar-refractivity contribution is -0.115. The van der Waals surface area contributed by atoms with Gasteiger partial charge in [-0.05, 0) is 84.8 Å². The normalized spacial score (nSPS) is 20.9. The fourth-order valence-electron chi connectivity index (χ4n) is 4.68. The van der Waals surface area contributed by atoms with Crippen LogP contribution in [0.2, 0.25) is 0 Å². The van der Waals surface area contributed by atoms with Gasteiger partial charge in [0.25, 0.3) is 11.1 Å². The Labute approximate surface area is 215 Å². The second kappa shape index (κ2) is 11.5. The van der Waals surface area contributed by atoms with Crippen LogP contribution in [0, 0.1) is 5.92 Å². The zero-order valence-corrected chi connectivity index (χ0v) is 20.8. The van der Waals surface area contributed by atoms with Gasteiger partial charge in [0.05, 0.1) is 10.6 Å². The number of nitrogens with zero attached hydrogens (tertiary/aromatic N) is 2. The van der Waals surface area contributed by atoms with Crippen LogP contribution in [0.4, 0.5) is 10.7 Å². The van der Waals surface area contributed by atoms with E-state index in [1.165, 1.54) is 16.7 Å². The quantitative estimate of drug-likeness (QED) is 0.365. The molecule has 8 heteroatoms. The van der Waals surface area contributed by atoms with Crippen LogP contribution in [-0.4, -0.2) is 33.7 Å². The van der Waals surface area contributed by atoms with Crippen LogP contribution >= 0.6 is 11.8 Å². The van der Waals surface area contributed by atoms with E-state index in [2.05, 4.69) is 74.4 Å². The zero-order valence-electron chi connectivity index (χ0n) is 19.9. The van der Waals surface area contributed by atoms with Crippen molar-refractivity contribution in [2.24, 2.45) is 5.92 Å². The minimum Gasteiger partial charge on any atom is -0.351 e. The molecule has 1 saturated heterocycles. The fourth-order valence-corrected chi connectivity index (χ4v) is 5.35. The van der Waals surface area contributed by atoms with E-state index in [0.29, 0.717) is 28.5 Å². The van der Waals surface area contributed by atoms with Gasteiger partial charge in [-0.15, -0.1) is 0 Å². The molecule has 3 aromatic rings. The highest BCUT2D eigenvalue weighted by Gasteiger charge is 2.25. The van der Waals surface area contributed by atoms with E-state index in [4.69, 9.17) is 0 Å². The molecule has 0 spiro atoms. The smallest absolute Gasteiger partial charge is 0.290 e. The number of anilines is 1. The standard InChI is InChI=1S/C28H29N5O2S/c34-26-25(36-28(35)33-26)16-24-13-14-30-27(32-24)31-23-11-9-19(10-12-23)17-29-18-20-5-4-8-22(15-20)21-6-2-1-3-7-21/h1-8,13-16,19,23,29H,9-12,17-18H2,(H,30,31,32)(H,33,34,35). The van der Waals surface area contributed by atoms with Crippen LogP contribution in [0.15, 0.2) is 71.8 Å². The maximum Gasteiger partial charge on any atom is 0.290 e. The third-order valence-corrected chi connectivity index (χ3v) is 7.38. The summed E-state index contributed by atoms with van der Waals surface area (Å²) < 4.78 is 0. The van der Waals surface area contributed by atoms with Crippen molar-refractivity contribution in [3.8, 4) is 11.1 Å². The molecular formula is C28H29N5O2S. The molecule has 3 N–H and O–H groups in total. The van der Waals surface area contributed by atoms with Crippen LogP contribution < -0.4 is 16.0 Å². The summed E-state index contributed by atoms with van der Waals surface area (Å²) in [5.74, 6) is 0.834. The van der Waals surface area contributed by atoms with Gasteiger partial charge < -0.3 is 10.6 Å². The number of thioether (sulfide) groups is 1. The number of nitrogens with one attached hydrogen (secondary N) is 3. The van der Waals surface area contributed by atoms with E-state index >= 15 is 0 Å². The Balaban J connectivity index is 1.07. The first-order chi connectivity index (χ1) is 17.6. The third-order valence-electron chi connectivity index (χ3n) is 6.57. The summed E-state index contributed by atoms with van der Waals surface area (Å²) in [6, 6.07) is 21.3. The van der Waals surface area contributed by atoms with Gasteiger partial charge in [0.15, 0.2) is 0 Å². The van der Waals surface area contributed by atoms with Crippen molar-refractivity contribution in [3.05, 3.63) is 83.0 Å². The molecule has 0 atom stereocenters. The molecule has 0 radical (unpaired) electrons. The largest absolute Gasteiger partial charge is 0.351 e. The fraction of sp³-hybridized carbons (Fsp3) is 0.286. The molecule has 7 nitrogen and oxygen atoms in total. The topological polar surface area (TPSA) is 96.0 Å². The van der Waals surface area contributed by atoms with Crippen molar-refractivity contribution in [2.75, 3.05) is 11.9 Å². The zero-order chi connectivity index (χ0) is 24.7. The van der Waals surface area contributed by atoms with Gasteiger partial charge in [0.1, 0.15) is 0 Å². The van der Waals surface area contributed by atoms with E-state index in [-0.39, 0.29) is 11.1 Å². The molecule has 1 aromatic heterocycles. The number of aromatic nitrogens is 2. The van der Waals surface area contributed by atoms with Gasteiger partial charge in [-0.3, -0.25) is 14.9 Å². The Morgan fingerprint density at radius 2 is 1.78 bits per heavy atom. The number of benzene rings is 2. The Bertz CT molecular complexity index is 1260. The van der Waals surface area contributed by atoms with Crippen molar-refractivity contribution in [1.82, 2.24) is 20.6 Å². The number of hydrogen-bond donors (Lipinski definition) is 3. The van der Waals surface area contributed by atoms with E-state index in [0.717, 1.165) is 50.5 Å². The third kappa shape index (κ3) is 6.38. The first-order valence-electron chi connectivity index (χ1n) is 12.3. The molecule has 2 fully saturated rings. The highest BCUT2D eigenvalue weighted by Crippen LogP contribution is 2.27. The van der Waals surface area contributed by atoms with Gasteiger partial charge in [0.2, 0.25) is 5.95 Å². The van der Waals surface area contributed by atoms with E-state index in [1.54, 1.807) is 18.3 Å². The molecule has 2 aromatic carbocycles. The molecule has 1 saturated carbocycles. The Morgan fingerprint density at radius 1 is 0.972 bits per heavy atom. The second-order valence-electron chi connectivity index (χ2n) is 9.22. The summed E-state index contributed by atoms with van der Waals surface area (Å²) >= 11 is 0.889. The highest BCUT2D eigenvalue weighted by atomic mass is 32.2. The lowest BCUT2D eigenvalue weighted by Gasteiger charge is -2.29. The predicted molar refractivity (Wildman–Crippen MR) is 144 cm³/mol. The number of amides is 2. The van der Waals surface area contributed by atoms with Crippen LogP contribution in [0.3, 0.4) is 0 Å². The lowest BCUT2D eigenvalue weighted by atomic mass is 9.86. The Kier molecular flexibility index (Phi) is 7.73. The number of carbonyl (C=O) groups is 2. The average Bonchev–Trinajstić information content (AvgIpc) is 3.22. The molecule has 2 aliphatic rings. The molecule has 184 valence electrons. The van der Waals surface area contributed by atoms with Crippen LogP contribution in [-0.2, 0) is 11.3 Å². The summed E-state index contributed by atoms with van der Waals surface area (Å²) in [6.07, 6.45) is 7.72. The van der Waals surface area contributed by atoms with Gasteiger partial charge in [-0.2, -0.15) is 0 Å². The minimum absolute atomic E-state index is 0.331. The molecule has 0 unspecified atom stereocenters. The number of rotatable bonds is 8. The van der Waals surface area contributed by atoms with E-state index in [9.17, 15) is 9.59 Å². The second-order valence-corrected chi connectivity index (χ2v) is 10.2. The van der Waals surface area contributed by atoms with Crippen molar-refractivity contribution in [3.63, 3.8) is 0 Å². The molecule has 36 heavy (non-hydrogen) atoms. The lowest BCUT2D eigenvalue weighted by Crippen LogP contribution is -2.31. The van der Waals surface area contributed by atoms with E-state index < -0.39 is 0 Å². The van der Waals surface area contributed by atoms with Crippen molar-refractivity contribution in [1.29, 1.82) is 0 Å². The van der Waals surface area contributed by atoms with Gasteiger partial charge in [0, 0.05) is 18.8 Å². The summed E-state index contributed by atoms with van der Waals surface area (Å²) in [7, 11) is 0. The van der Waals surface area contributed by atoms with Crippen molar-refractivity contribution in [2.45, 2.75) is 38.3 Å². The van der Waals surface area contributed by atoms with Crippen molar-refractivity contribution < 1.29 is 9.59 Å². The summed E-state index contributed by atoms with van der Waals surface area (Å²) in [5.41, 5.74) is 4.41. The summed E-state index contributed by atoms with van der Waals surface area (Å²) in [5, 5.41) is 9.00. The highest BCUT2D eigenvalue weighted by molar-refractivity contribution is 8.18. The first kappa shape index (κ1) is 24.2. The molecule has 2 heterocycles. The first-order valence-corrected chi connectivity index (χ1v) is 13.1. The van der Waals surface area contributed by atoms with Crippen molar-refractivity contribution >= 4 is 34.9 Å². The summed E-state index contributed by atoms with van der Waals surface area (Å²) in [4.78, 5) is 32.3. The summed E-state index contributed by atoms with van der Waals surface area (Å²) in [6.45, 7) is 1.89. The monoisotopic (exact) mass is 499 g/mol. The number of hydrogen-bond acceptors (Lipinski definition) is 7.